The molecule has 0 saturated carbocycles. The monoisotopic (exact) mass is 253 g/mol. The van der Waals surface area contributed by atoms with E-state index in [2.05, 4.69) is 0 Å². The Bertz CT molecular complexity index is 328. The number of carboxylic acid groups (broad SMARTS) is 1. The van der Waals surface area contributed by atoms with Gasteiger partial charge in [0.05, 0.1) is 12.2 Å². The highest BCUT2D eigenvalue weighted by atomic mass is 32.2. The third kappa shape index (κ3) is 3.35. The fraction of sp³-hybridized carbons (Fsp3) is 0.875. The van der Waals surface area contributed by atoms with Crippen LogP contribution < -0.4 is 0 Å². The van der Waals surface area contributed by atoms with Gasteiger partial charge in [-0.1, -0.05) is 0 Å². The molecule has 1 N–H and O–H groups in total. The van der Waals surface area contributed by atoms with Crippen LogP contribution in [0.1, 0.15) is 13.3 Å². The molecule has 0 aromatic heterocycles. The van der Waals surface area contributed by atoms with Gasteiger partial charge in [0.2, 0.25) is 10.0 Å². The Balaban J connectivity index is 2.78. The van der Waals surface area contributed by atoms with Gasteiger partial charge in [-0.05, 0) is 6.92 Å². The number of thioether (sulfide) groups is 1. The van der Waals surface area contributed by atoms with Crippen molar-refractivity contribution < 1.29 is 18.3 Å². The number of carbonyl (C=O) groups is 1. The van der Waals surface area contributed by atoms with Crippen molar-refractivity contribution in [1.82, 2.24) is 4.31 Å². The lowest BCUT2D eigenvalue weighted by atomic mass is 10.2. The maximum Gasteiger partial charge on any atom is 0.305 e. The first-order valence-electron chi connectivity index (χ1n) is 4.76. The van der Waals surface area contributed by atoms with E-state index in [1.54, 1.807) is 18.7 Å². The van der Waals surface area contributed by atoms with E-state index in [0.717, 1.165) is 5.75 Å². The number of carboxylic acids is 1. The minimum atomic E-state index is -3.26. The van der Waals surface area contributed by atoms with E-state index in [9.17, 15) is 13.2 Å². The van der Waals surface area contributed by atoms with E-state index < -0.39 is 16.0 Å². The van der Waals surface area contributed by atoms with Gasteiger partial charge in [-0.3, -0.25) is 4.79 Å². The highest BCUT2D eigenvalue weighted by molar-refractivity contribution is 7.99. The lowest BCUT2D eigenvalue weighted by Gasteiger charge is -2.33. The molecule has 1 atom stereocenters. The molecule has 5 nitrogen and oxygen atoms in total. The standard InChI is InChI=1S/C8H15NO4S2/c1-2-15(12,13)9-3-4-14-6-7(9)5-8(10)11/h7H,2-6H2,1H3,(H,10,11). The minimum absolute atomic E-state index is 0.0355. The van der Waals surface area contributed by atoms with Crippen molar-refractivity contribution >= 4 is 27.8 Å². The highest BCUT2D eigenvalue weighted by Crippen LogP contribution is 2.22. The molecule has 15 heavy (non-hydrogen) atoms. The molecule has 0 aromatic rings. The van der Waals surface area contributed by atoms with Crippen molar-refractivity contribution in [3.8, 4) is 0 Å². The van der Waals surface area contributed by atoms with Gasteiger partial charge >= 0.3 is 5.97 Å². The Labute approximate surface area is 93.9 Å². The molecule has 7 heteroatoms. The second kappa shape index (κ2) is 5.18. The zero-order valence-electron chi connectivity index (χ0n) is 8.55. The van der Waals surface area contributed by atoms with Gasteiger partial charge in [0.1, 0.15) is 0 Å². The van der Waals surface area contributed by atoms with Gasteiger partial charge in [-0.2, -0.15) is 16.1 Å². The van der Waals surface area contributed by atoms with Crippen LogP contribution in [0.2, 0.25) is 0 Å². The molecule has 0 aromatic carbocycles. The summed E-state index contributed by atoms with van der Waals surface area (Å²) in [4.78, 5) is 10.6. The molecule has 88 valence electrons. The largest absolute Gasteiger partial charge is 0.481 e. The van der Waals surface area contributed by atoms with Crippen molar-refractivity contribution in [3.05, 3.63) is 0 Å². The van der Waals surface area contributed by atoms with Crippen LogP contribution in [0.4, 0.5) is 0 Å². The summed E-state index contributed by atoms with van der Waals surface area (Å²) in [6, 6.07) is -0.383. The Morgan fingerprint density at radius 2 is 2.27 bits per heavy atom. The summed E-state index contributed by atoms with van der Waals surface area (Å²) in [6.07, 6.45) is -0.105. The van der Waals surface area contributed by atoms with Crippen LogP contribution in [-0.2, 0) is 14.8 Å². The number of nitrogens with zero attached hydrogens (tertiary/aromatic N) is 1. The van der Waals surface area contributed by atoms with Gasteiger partial charge in [-0.15, -0.1) is 0 Å². The van der Waals surface area contributed by atoms with Crippen molar-refractivity contribution in [2.24, 2.45) is 0 Å². The quantitative estimate of drug-likeness (QED) is 0.776. The molecule has 1 saturated heterocycles. The van der Waals surface area contributed by atoms with Crippen molar-refractivity contribution in [1.29, 1.82) is 0 Å². The second-order valence-electron chi connectivity index (χ2n) is 3.34. The predicted octanol–water partition coefficient (Wildman–Crippen LogP) is 0.228. The average Bonchev–Trinajstić information content (AvgIpc) is 2.17. The Kier molecular flexibility index (Phi) is 4.42. The molecule has 1 rings (SSSR count). The summed E-state index contributed by atoms with van der Waals surface area (Å²) in [5.74, 6) is 0.410. The van der Waals surface area contributed by atoms with E-state index in [4.69, 9.17) is 5.11 Å². The van der Waals surface area contributed by atoms with E-state index in [0.29, 0.717) is 12.3 Å². The molecule has 0 spiro atoms. The summed E-state index contributed by atoms with van der Waals surface area (Å²) >= 11 is 1.61. The molecular weight excluding hydrogens is 238 g/mol. The van der Waals surface area contributed by atoms with Crippen LogP contribution in [-0.4, -0.2) is 53.6 Å². The normalized spacial score (nSPS) is 23.9. The second-order valence-corrected chi connectivity index (χ2v) is 6.70. The van der Waals surface area contributed by atoms with Gasteiger partial charge in [0.15, 0.2) is 0 Å². The first-order chi connectivity index (χ1) is 6.97. The smallest absolute Gasteiger partial charge is 0.305 e. The molecule has 1 heterocycles. The van der Waals surface area contributed by atoms with Gasteiger partial charge < -0.3 is 5.11 Å². The van der Waals surface area contributed by atoms with Gasteiger partial charge in [-0.25, -0.2) is 8.42 Å². The van der Waals surface area contributed by atoms with E-state index in [1.165, 1.54) is 4.31 Å². The average molecular weight is 253 g/mol. The summed E-state index contributed by atoms with van der Waals surface area (Å²) in [5.41, 5.74) is 0. The zero-order valence-corrected chi connectivity index (χ0v) is 10.2. The summed E-state index contributed by atoms with van der Waals surface area (Å²) in [5, 5.41) is 8.69. The molecule has 1 aliphatic rings. The third-order valence-electron chi connectivity index (χ3n) is 2.31. The number of hydrogen-bond acceptors (Lipinski definition) is 4. The number of rotatable bonds is 4. The fourth-order valence-corrected chi connectivity index (χ4v) is 4.11. The van der Waals surface area contributed by atoms with Gasteiger partial charge in [0.25, 0.3) is 0 Å². The maximum atomic E-state index is 11.7. The predicted molar refractivity (Wildman–Crippen MR) is 59.5 cm³/mol. The van der Waals surface area contributed by atoms with Crippen LogP contribution >= 0.6 is 11.8 Å². The summed E-state index contributed by atoms with van der Waals surface area (Å²) < 4.78 is 24.7. The molecule has 0 amide bonds. The number of hydrogen-bond donors (Lipinski definition) is 1. The molecule has 0 radical (unpaired) electrons. The van der Waals surface area contributed by atoms with E-state index in [1.807, 2.05) is 0 Å². The molecule has 0 bridgehead atoms. The molecular formula is C8H15NO4S2. The number of aliphatic carboxylic acids is 1. The van der Waals surface area contributed by atoms with Crippen molar-refractivity contribution in [3.63, 3.8) is 0 Å². The van der Waals surface area contributed by atoms with Crippen LogP contribution in [0.15, 0.2) is 0 Å². The molecule has 1 aliphatic heterocycles. The Morgan fingerprint density at radius 3 is 2.80 bits per heavy atom. The summed E-state index contributed by atoms with van der Waals surface area (Å²) in [7, 11) is -3.26. The SMILES string of the molecule is CCS(=O)(=O)N1CCSCC1CC(=O)O. The van der Waals surface area contributed by atoms with E-state index in [-0.39, 0.29) is 18.2 Å². The third-order valence-corrected chi connectivity index (χ3v) is 5.32. The number of sulfonamides is 1. The van der Waals surface area contributed by atoms with Crippen LogP contribution in [0, 0.1) is 0 Å². The van der Waals surface area contributed by atoms with Crippen LogP contribution in [0.25, 0.3) is 0 Å². The minimum Gasteiger partial charge on any atom is -0.481 e. The molecule has 1 unspecified atom stereocenters. The van der Waals surface area contributed by atoms with Gasteiger partial charge in [0, 0.05) is 24.1 Å². The maximum absolute atomic E-state index is 11.7. The lowest BCUT2D eigenvalue weighted by molar-refractivity contribution is -0.137. The summed E-state index contributed by atoms with van der Waals surface area (Å²) in [6.45, 7) is 2.01. The van der Waals surface area contributed by atoms with Crippen molar-refractivity contribution in [2.45, 2.75) is 19.4 Å². The molecule has 1 fully saturated rings. The first-order valence-corrected chi connectivity index (χ1v) is 7.53. The van der Waals surface area contributed by atoms with Crippen LogP contribution in [0.3, 0.4) is 0 Å². The van der Waals surface area contributed by atoms with E-state index >= 15 is 0 Å². The fourth-order valence-electron chi connectivity index (χ4n) is 1.53. The Hall–Kier alpha value is -0.270. The topological polar surface area (TPSA) is 74.7 Å². The zero-order chi connectivity index (χ0) is 11.5. The molecule has 0 aliphatic carbocycles. The first kappa shape index (κ1) is 12.8. The Morgan fingerprint density at radius 1 is 1.60 bits per heavy atom. The lowest BCUT2D eigenvalue weighted by Crippen LogP contribution is -2.47. The van der Waals surface area contributed by atoms with Crippen molar-refractivity contribution in [2.75, 3.05) is 23.8 Å². The van der Waals surface area contributed by atoms with Crippen LogP contribution in [0.5, 0.6) is 0 Å². The highest BCUT2D eigenvalue weighted by Gasteiger charge is 2.32.